The Morgan fingerprint density at radius 2 is 1.88 bits per heavy atom. The normalized spacial score (nSPS) is 29.6. The smallest absolute Gasteiger partial charge is 0.410 e. The average molecular weight is 335 g/mol. The highest BCUT2D eigenvalue weighted by Crippen LogP contribution is 2.43. The molecule has 0 aliphatic carbocycles. The van der Waals surface area contributed by atoms with E-state index in [-0.39, 0.29) is 30.4 Å². The lowest BCUT2D eigenvalue weighted by molar-refractivity contribution is -0.0582. The van der Waals surface area contributed by atoms with E-state index in [1.165, 1.54) is 6.07 Å². The molecule has 2 bridgehead atoms. The van der Waals surface area contributed by atoms with E-state index in [4.69, 9.17) is 4.74 Å². The van der Waals surface area contributed by atoms with Gasteiger partial charge in [0.05, 0.1) is 5.60 Å². The van der Waals surface area contributed by atoms with Crippen LogP contribution in [0, 0.1) is 5.82 Å². The molecule has 24 heavy (non-hydrogen) atoms. The van der Waals surface area contributed by atoms with Crippen LogP contribution in [0.5, 0.6) is 0 Å². The minimum atomic E-state index is -0.966. The second-order valence-electron chi connectivity index (χ2n) is 8.17. The van der Waals surface area contributed by atoms with Crippen LogP contribution in [0.3, 0.4) is 0 Å². The van der Waals surface area contributed by atoms with Crippen molar-refractivity contribution in [3.05, 3.63) is 35.6 Å². The zero-order chi connectivity index (χ0) is 17.5. The predicted octanol–water partition coefficient (Wildman–Crippen LogP) is 3.66. The van der Waals surface area contributed by atoms with Gasteiger partial charge in [-0.1, -0.05) is 18.2 Å². The lowest BCUT2D eigenvalue weighted by atomic mass is 9.81. The number of rotatable bonds is 2. The number of aliphatic hydroxyl groups is 1. The van der Waals surface area contributed by atoms with Crippen LogP contribution in [0.15, 0.2) is 24.3 Å². The Morgan fingerprint density at radius 3 is 2.42 bits per heavy atom. The van der Waals surface area contributed by atoms with Crippen molar-refractivity contribution < 1.29 is 19.0 Å². The van der Waals surface area contributed by atoms with Crippen LogP contribution >= 0.6 is 0 Å². The maximum absolute atomic E-state index is 13.9. The van der Waals surface area contributed by atoms with Gasteiger partial charge >= 0.3 is 6.09 Å². The first-order valence-corrected chi connectivity index (χ1v) is 8.64. The van der Waals surface area contributed by atoms with E-state index in [1.54, 1.807) is 23.1 Å². The Morgan fingerprint density at radius 1 is 1.29 bits per heavy atom. The van der Waals surface area contributed by atoms with E-state index in [2.05, 4.69) is 0 Å². The van der Waals surface area contributed by atoms with Gasteiger partial charge in [0.25, 0.3) is 0 Å². The minimum Gasteiger partial charge on any atom is -0.444 e. The molecule has 2 saturated heterocycles. The summed E-state index contributed by atoms with van der Waals surface area (Å²) in [5.74, 6) is -0.284. The molecule has 3 rings (SSSR count). The highest BCUT2D eigenvalue weighted by molar-refractivity contribution is 5.69. The number of nitrogens with zero attached hydrogens (tertiary/aromatic N) is 1. The number of fused-ring (bicyclic) bond motifs is 2. The second-order valence-corrected chi connectivity index (χ2v) is 8.17. The van der Waals surface area contributed by atoms with E-state index >= 15 is 0 Å². The molecular formula is C19H26FNO3. The molecule has 1 amide bonds. The number of amides is 1. The summed E-state index contributed by atoms with van der Waals surface area (Å²) in [6.45, 7) is 5.56. The van der Waals surface area contributed by atoms with Crippen molar-refractivity contribution >= 4 is 6.09 Å². The quantitative estimate of drug-likeness (QED) is 0.897. The maximum Gasteiger partial charge on any atom is 0.410 e. The van der Waals surface area contributed by atoms with Crippen molar-refractivity contribution in [1.82, 2.24) is 4.90 Å². The number of ether oxygens (including phenoxy) is 1. The molecule has 0 spiro atoms. The van der Waals surface area contributed by atoms with Crippen LogP contribution in [0.2, 0.25) is 0 Å². The van der Waals surface area contributed by atoms with Crippen LogP contribution in [-0.4, -0.2) is 39.4 Å². The van der Waals surface area contributed by atoms with Gasteiger partial charge in [-0.3, -0.25) is 0 Å². The van der Waals surface area contributed by atoms with E-state index < -0.39 is 11.2 Å². The van der Waals surface area contributed by atoms with E-state index in [9.17, 15) is 14.3 Å². The first-order chi connectivity index (χ1) is 11.2. The summed E-state index contributed by atoms with van der Waals surface area (Å²) in [4.78, 5) is 14.3. The summed E-state index contributed by atoms with van der Waals surface area (Å²) in [6.07, 6.45) is 2.65. The fourth-order valence-electron chi connectivity index (χ4n) is 4.08. The van der Waals surface area contributed by atoms with E-state index in [0.717, 1.165) is 12.8 Å². The number of piperidine rings is 1. The van der Waals surface area contributed by atoms with Gasteiger partial charge in [-0.15, -0.1) is 0 Å². The molecule has 0 saturated carbocycles. The summed E-state index contributed by atoms with van der Waals surface area (Å²) in [7, 11) is 0. The Labute approximate surface area is 142 Å². The summed E-state index contributed by atoms with van der Waals surface area (Å²) in [6, 6.07) is 6.51. The van der Waals surface area contributed by atoms with Crippen molar-refractivity contribution in [3.8, 4) is 0 Å². The largest absolute Gasteiger partial charge is 0.444 e. The van der Waals surface area contributed by atoms with Crippen molar-refractivity contribution in [2.75, 3.05) is 0 Å². The fraction of sp³-hybridized carbons (Fsp3) is 0.632. The van der Waals surface area contributed by atoms with Gasteiger partial charge < -0.3 is 14.7 Å². The number of carbonyl (C=O) groups excluding carboxylic acids is 1. The van der Waals surface area contributed by atoms with Crippen molar-refractivity contribution in [2.24, 2.45) is 0 Å². The van der Waals surface area contributed by atoms with Crippen LogP contribution in [-0.2, 0) is 11.2 Å². The van der Waals surface area contributed by atoms with Gasteiger partial charge in [0.2, 0.25) is 0 Å². The molecule has 5 heteroatoms. The molecule has 132 valence electrons. The molecule has 2 fully saturated rings. The van der Waals surface area contributed by atoms with Crippen LogP contribution in [0.25, 0.3) is 0 Å². The highest BCUT2D eigenvalue weighted by Gasteiger charge is 2.50. The van der Waals surface area contributed by atoms with Gasteiger partial charge in [0, 0.05) is 18.5 Å². The lowest BCUT2D eigenvalue weighted by Gasteiger charge is -2.44. The number of benzene rings is 1. The zero-order valence-electron chi connectivity index (χ0n) is 14.6. The SMILES string of the molecule is CC(C)(C)OC(=O)N1C2CCC1CC(O)(Cc1ccccc1F)C2. The zero-order valence-corrected chi connectivity index (χ0v) is 14.6. The minimum absolute atomic E-state index is 0.0321. The van der Waals surface area contributed by atoms with Crippen LogP contribution in [0.4, 0.5) is 9.18 Å². The molecule has 0 radical (unpaired) electrons. The predicted molar refractivity (Wildman–Crippen MR) is 89.2 cm³/mol. The first kappa shape index (κ1) is 17.2. The third kappa shape index (κ3) is 3.56. The molecule has 2 aliphatic heterocycles. The lowest BCUT2D eigenvalue weighted by Crippen LogP contribution is -2.55. The summed E-state index contributed by atoms with van der Waals surface area (Å²) >= 11 is 0. The number of hydrogen-bond acceptors (Lipinski definition) is 3. The summed E-state index contributed by atoms with van der Waals surface area (Å²) in [5.41, 5.74) is -0.964. The maximum atomic E-state index is 13.9. The van der Waals surface area contributed by atoms with Crippen LogP contribution < -0.4 is 0 Å². The average Bonchev–Trinajstić information content (AvgIpc) is 2.73. The monoisotopic (exact) mass is 335 g/mol. The van der Waals surface area contributed by atoms with Gasteiger partial charge in [-0.05, 0) is 58.1 Å². The molecule has 1 aromatic rings. The van der Waals surface area contributed by atoms with Crippen molar-refractivity contribution in [2.45, 2.75) is 76.2 Å². The molecule has 0 aromatic heterocycles. The van der Waals surface area contributed by atoms with Gasteiger partial charge in [-0.2, -0.15) is 0 Å². The van der Waals surface area contributed by atoms with E-state index in [1.807, 2.05) is 20.8 Å². The Kier molecular flexibility index (Phi) is 4.32. The topological polar surface area (TPSA) is 49.8 Å². The molecule has 2 atom stereocenters. The standard InChI is InChI=1S/C19H26FNO3/c1-18(2,3)24-17(22)21-14-8-9-15(21)12-19(23,11-14)10-13-6-4-5-7-16(13)20/h4-7,14-15,23H,8-12H2,1-3H3. The Hall–Kier alpha value is -1.62. The number of carbonyl (C=O) groups is 1. The van der Waals surface area contributed by atoms with Gasteiger partial charge in [0.15, 0.2) is 0 Å². The van der Waals surface area contributed by atoms with Crippen LogP contribution in [0.1, 0.15) is 52.0 Å². The number of hydrogen-bond donors (Lipinski definition) is 1. The Bertz CT molecular complexity index is 611. The second kappa shape index (κ2) is 6.03. The van der Waals surface area contributed by atoms with Crippen molar-refractivity contribution in [1.29, 1.82) is 0 Å². The molecule has 2 heterocycles. The summed E-state index contributed by atoms with van der Waals surface area (Å²) < 4.78 is 19.4. The third-order valence-electron chi connectivity index (χ3n) is 4.93. The fourth-order valence-corrected chi connectivity index (χ4v) is 4.08. The van der Waals surface area contributed by atoms with Gasteiger partial charge in [-0.25, -0.2) is 9.18 Å². The third-order valence-corrected chi connectivity index (χ3v) is 4.93. The molecule has 4 nitrogen and oxygen atoms in total. The van der Waals surface area contributed by atoms with Crippen molar-refractivity contribution in [3.63, 3.8) is 0 Å². The molecule has 1 aromatic carbocycles. The highest BCUT2D eigenvalue weighted by atomic mass is 19.1. The Balaban J connectivity index is 1.72. The summed E-state index contributed by atoms with van der Waals surface area (Å²) in [5, 5.41) is 11.0. The molecule has 1 N–H and O–H groups in total. The van der Waals surface area contributed by atoms with Gasteiger partial charge in [0.1, 0.15) is 11.4 Å². The molecule has 2 unspecified atom stereocenters. The molecular weight excluding hydrogens is 309 g/mol. The number of halogens is 1. The van der Waals surface area contributed by atoms with E-state index in [0.29, 0.717) is 18.4 Å². The molecule has 2 aliphatic rings. The first-order valence-electron chi connectivity index (χ1n) is 8.64.